The first kappa shape index (κ1) is 14.3. The highest BCUT2D eigenvalue weighted by Gasteiger charge is 2.31. The summed E-state index contributed by atoms with van der Waals surface area (Å²) in [6.07, 6.45) is 2.00. The Bertz CT molecular complexity index is 441. The number of hydrogen-bond acceptors (Lipinski definition) is 4. The Morgan fingerprint density at radius 2 is 2.37 bits per heavy atom. The van der Waals surface area contributed by atoms with Gasteiger partial charge in [0.15, 0.2) is 0 Å². The lowest BCUT2D eigenvalue weighted by atomic mass is 10.1. The zero-order chi connectivity index (χ0) is 14.0. The molecule has 1 aromatic heterocycles. The maximum Gasteiger partial charge on any atom is 0.229 e. The predicted octanol–water partition coefficient (Wildman–Crippen LogP) is 1.76. The van der Waals surface area contributed by atoms with Crippen LogP contribution >= 0.6 is 11.6 Å². The van der Waals surface area contributed by atoms with Gasteiger partial charge in [0.25, 0.3) is 0 Å². The fourth-order valence-electron chi connectivity index (χ4n) is 2.68. The van der Waals surface area contributed by atoms with E-state index in [1.807, 2.05) is 11.8 Å². The van der Waals surface area contributed by atoms with Gasteiger partial charge in [-0.2, -0.15) is 0 Å². The van der Waals surface area contributed by atoms with Gasteiger partial charge < -0.3 is 15.2 Å². The monoisotopic (exact) mass is 285 g/mol. The number of halogens is 1. The minimum Gasteiger partial charge on any atom is -0.344 e. The fraction of sp³-hybridized carbons (Fsp3) is 0.692. The number of amides is 1. The molecule has 0 spiro atoms. The van der Waals surface area contributed by atoms with Gasteiger partial charge in [-0.25, -0.2) is 0 Å². The molecule has 1 aliphatic rings. The molecule has 2 atom stereocenters. The summed E-state index contributed by atoms with van der Waals surface area (Å²) in [5, 5.41) is 4.07. The van der Waals surface area contributed by atoms with Gasteiger partial charge in [-0.15, -0.1) is 0 Å². The third kappa shape index (κ3) is 3.09. The lowest BCUT2D eigenvalue weighted by Crippen LogP contribution is -2.34. The van der Waals surface area contributed by atoms with Crippen molar-refractivity contribution < 1.29 is 9.32 Å². The third-order valence-corrected chi connectivity index (χ3v) is 4.14. The maximum absolute atomic E-state index is 12.2. The molecule has 2 rings (SSSR count). The molecule has 1 amide bonds. The Kier molecular flexibility index (Phi) is 4.47. The molecule has 6 heteroatoms. The van der Waals surface area contributed by atoms with Gasteiger partial charge in [0, 0.05) is 24.6 Å². The van der Waals surface area contributed by atoms with Crippen molar-refractivity contribution in [2.75, 3.05) is 13.1 Å². The molecule has 0 saturated carbocycles. The quantitative estimate of drug-likeness (QED) is 0.915. The standard InChI is InChI=1S/C13H20ClN3O2/c1-8-5-10(6-15)7-17(8)12(18)4-3-11-9(2)16-19-13(11)14/h8,10H,3-7,15H2,1-2H3. The first-order valence-electron chi connectivity index (χ1n) is 6.63. The second kappa shape index (κ2) is 5.92. The van der Waals surface area contributed by atoms with Crippen molar-refractivity contribution in [2.45, 2.75) is 39.2 Å². The van der Waals surface area contributed by atoms with Crippen LogP contribution in [0.5, 0.6) is 0 Å². The van der Waals surface area contributed by atoms with Crippen LogP contribution in [0.25, 0.3) is 0 Å². The minimum atomic E-state index is 0.153. The maximum atomic E-state index is 12.2. The SMILES string of the molecule is Cc1noc(Cl)c1CCC(=O)N1CC(CN)CC1C. The molecule has 1 aliphatic heterocycles. The van der Waals surface area contributed by atoms with Gasteiger partial charge in [0.05, 0.1) is 5.69 Å². The van der Waals surface area contributed by atoms with Crippen molar-refractivity contribution in [3.05, 3.63) is 16.5 Å². The van der Waals surface area contributed by atoms with Crippen LogP contribution in [0.2, 0.25) is 5.22 Å². The number of aryl methyl sites for hydroxylation is 1. The van der Waals surface area contributed by atoms with Crippen LogP contribution in [-0.2, 0) is 11.2 Å². The van der Waals surface area contributed by atoms with Crippen LogP contribution in [0, 0.1) is 12.8 Å². The van der Waals surface area contributed by atoms with Crippen molar-refractivity contribution in [3.8, 4) is 0 Å². The number of likely N-dealkylation sites (tertiary alicyclic amines) is 1. The van der Waals surface area contributed by atoms with E-state index in [0.717, 1.165) is 24.2 Å². The van der Waals surface area contributed by atoms with E-state index >= 15 is 0 Å². The van der Waals surface area contributed by atoms with E-state index in [0.29, 0.717) is 30.5 Å². The normalized spacial score (nSPS) is 23.1. The van der Waals surface area contributed by atoms with E-state index in [9.17, 15) is 4.79 Å². The summed E-state index contributed by atoms with van der Waals surface area (Å²) in [5.74, 6) is 0.583. The molecule has 1 fully saturated rings. The highest BCUT2D eigenvalue weighted by Crippen LogP contribution is 2.25. The molecule has 2 heterocycles. The molecule has 0 bridgehead atoms. The fourth-order valence-corrected chi connectivity index (χ4v) is 2.94. The van der Waals surface area contributed by atoms with Crippen LogP contribution in [0.3, 0.4) is 0 Å². The summed E-state index contributed by atoms with van der Waals surface area (Å²) < 4.78 is 4.88. The summed E-state index contributed by atoms with van der Waals surface area (Å²) in [6, 6.07) is 0.278. The summed E-state index contributed by atoms with van der Waals surface area (Å²) >= 11 is 5.89. The van der Waals surface area contributed by atoms with E-state index in [1.165, 1.54) is 0 Å². The highest BCUT2D eigenvalue weighted by molar-refractivity contribution is 6.29. The molecule has 1 aromatic rings. The van der Waals surface area contributed by atoms with E-state index in [-0.39, 0.29) is 11.9 Å². The van der Waals surface area contributed by atoms with Gasteiger partial charge >= 0.3 is 0 Å². The number of nitrogens with zero attached hydrogens (tertiary/aromatic N) is 2. The highest BCUT2D eigenvalue weighted by atomic mass is 35.5. The zero-order valence-electron chi connectivity index (χ0n) is 11.4. The molecule has 2 unspecified atom stereocenters. The Hall–Kier alpha value is -1.07. The van der Waals surface area contributed by atoms with Crippen LogP contribution in [-0.4, -0.2) is 35.1 Å². The molecule has 0 aromatic carbocycles. The number of nitrogens with two attached hydrogens (primary N) is 1. The summed E-state index contributed by atoms with van der Waals surface area (Å²) in [6.45, 7) is 5.32. The van der Waals surface area contributed by atoms with E-state index in [4.69, 9.17) is 21.9 Å². The van der Waals surface area contributed by atoms with Crippen LogP contribution in [0.15, 0.2) is 4.52 Å². The van der Waals surface area contributed by atoms with Gasteiger partial charge in [0.2, 0.25) is 11.1 Å². The van der Waals surface area contributed by atoms with Crippen LogP contribution < -0.4 is 5.73 Å². The molecular formula is C13H20ClN3O2. The average molecular weight is 286 g/mol. The molecular weight excluding hydrogens is 266 g/mol. The molecule has 0 aliphatic carbocycles. The Morgan fingerprint density at radius 1 is 1.63 bits per heavy atom. The number of carbonyl (C=O) groups is 1. The molecule has 1 saturated heterocycles. The summed E-state index contributed by atoms with van der Waals surface area (Å²) in [7, 11) is 0. The topological polar surface area (TPSA) is 72.4 Å². The molecule has 106 valence electrons. The van der Waals surface area contributed by atoms with Gasteiger partial charge in [0.1, 0.15) is 0 Å². The smallest absolute Gasteiger partial charge is 0.229 e. The number of carbonyl (C=O) groups excluding carboxylic acids is 1. The third-order valence-electron chi connectivity index (χ3n) is 3.84. The lowest BCUT2D eigenvalue weighted by molar-refractivity contribution is -0.131. The largest absolute Gasteiger partial charge is 0.344 e. The number of rotatable bonds is 4. The zero-order valence-corrected chi connectivity index (χ0v) is 12.1. The molecule has 2 N–H and O–H groups in total. The van der Waals surface area contributed by atoms with Crippen molar-refractivity contribution in [1.82, 2.24) is 10.1 Å². The second-order valence-electron chi connectivity index (χ2n) is 5.25. The van der Waals surface area contributed by atoms with E-state index in [1.54, 1.807) is 0 Å². The number of aromatic nitrogens is 1. The van der Waals surface area contributed by atoms with Crippen molar-refractivity contribution in [1.29, 1.82) is 0 Å². The van der Waals surface area contributed by atoms with Crippen molar-refractivity contribution in [2.24, 2.45) is 11.7 Å². The minimum absolute atomic E-state index is 0.153. The number of hydrogen-bond donors (Lipinski definition) is 1. The summed E-state index contributed by atoms with van der Waals surface area (Å²) in [4.78, 5) is 14.2. The Balaban J connectivity index is 1.92. The molecule has 0 radical (unpaired) electrons. The van der Waals surface area contributed by atoms with Crippen molar-refractivity contribution >= 4 is 17.5 Å². The van der Waals surface area contributed by atoms with Crippen LogP contribution in [0.1, 0.15) is 31.0 Å². The molecule has 19 heavy (non-hydrogen) atoms. The van der Waals surface area contributed by atoms with E-state index < -0.39 is 0 Å². The second-order valence-corrected chi connectivity index (χ2v) is 5.60. The average Bonchev–Trinajstić information content (AvgIpc) is 2.91. The molecule has 5 nitrogen and oxygen atoms in total. The lowest BCUT2D eigenvalue weighted by Gasteiger charge is -2.21. The van der Waals surface area contributed by atoms with E-state index in [2.05, 4.69) is 12.1 Å². The first-order chi connectivity index (χ1) is 9.02. The van der Waals surface area contributed by atoms with Gasteiger partial charge in [-0.3, -0.25) is 4.79 Å². The van der Waals surface area contributed by atoms with Gasteiger partial charge in [-0.05, 0) is 50.8 Å². The van der Waals surface area contributed by atoms with Crippen molar-refractivity contribution in [3.63, 3.8) is 0 Å². The van der Waals surface area contributed by atoms with Crippen LogP contribution in [0.4, 0.5) is 0 Å². The Labute approximate surface area is 118 Å². The summed E-state index contributed by atoms with van der Waals surface area (Å²) in [5.41, 5.74) is 7.26. The Morgan fingerprint density at radius 3 is 2.89 bits per heavy atom. The first-order valence-corrected chi connectivity index (χ1v) is 7.01. The van der Waals surface area contributed by atoms with Gasteiger partial charge in [-0.1, -0.05) is 5.16 Å². The predicted molar refractivity (Wildman–Crippen MR) is 72.9 cm³/mol.